The molecule has 1 aliphatic heterocycles. The van der Waals surface area contributed by atoms with Crippen LogP contribution in [0.2, 0.25) is 0 Å². The predicted octanol–water partition coefficient (Wildman–Crippen LogP) is 4.13. The number of rotatable bonds is 7. The lowest BCUT2D eigenvalue weighted by Gasteiger charge is -2.28. The zero-order chi connectivity index (χ0) is 23.6. The number of carbonyl (C=O) groups excluding carboxylic acids is 2. The first kappa shape index (κ1) is 23.3. The first-order valence-electron chi connectivity index (χ1n) is 10.1. The van der Waals surface area contributed by atoms with Crippen molar-refractivity contribution in [3.05, 3.63) is 54.1 Å². The van der Waals surface area contributed by atoms with Gasteiger partial charge in [0.1, 0.15) is 5.75 Å². The van der Waals surface area contributed by atoms with E-state index in [0.29, 0.717) is 22.6 Å². The van der Waals surface area contributed by atoms with E-state index in [9.17, 15) is 23.5 Å². The number of halogens is 2. The van der Waals surface area contributed by atoms with Crippen LogP contribution in [0.1, 0.15) is 33.3 Å². The predicted molar refractivity (Wildman–Crippen MR) is 117 cm³/mol. The Morgan fingerprint density at radius 2 is 1.88 bits per heavy atom. The summed E-state index contributed by atoms with van der Waals surface area (Å²) < 4.78 is 28.9. The molecule has 0 bridgehead atoms. The minimum absolute atomic E-state index is 0.0507. The minimum atomic E-state index is -2.95. The van der Waals surface area contributed by atoms with Crippen LogP contribution in [0.25, 0.3) is 0 Å². The fraction of sp³-hybridized carbons (Fsp3) is 0.348. The van der Waals surface area contributed by atoms with Gasteiger partial charge in [0.2, 0.25) is 5.91 Å². The molecule has 32 heavy (non-hydrogen) atoms. The highest BCUT2D eigenvalue weighted by Gasteiger charge is 2.40. The Labute approximate surface area is 184 Å². The molecule has 0 spiro atoms. The van der Waals surface area contributed by atoms with E-state index >= 15 is 0 Å². The summed E-state index contributed by atoms with van der Waals surface area (Å²) in [6, 6.07) is 12.2. The van der Waals surface area contributed by atoms with E-state index in [2.05, 4.69) is 15.2 Å². The second-order valence-electron chi connectivity index (χ2n) is 8.07. The van der Waals surface area contributed by atoms with Crippen LogP contribution in [-0.4, -0.2) is 29.2 Å². The van der Waals surface area contributed by atoms with Gasteiger partial charge < -0.3 is 15.2 Å². The zero-order valence-corrected chi connectivity index (χ0v) is 18.2. The van der Waals surface area contributed by atoms with Crippen molar-refractivity contribution < 1.29 is 28.2 Å². The zero-order valence-electron chi connectivity index (χ0n) is 18.2. The molecule has 2 aromatic rings. The number of hydrogen-bond acceptors (Lipinski definition) is 5. The Balaban J connectivity index is 1.75. The molecule has 2 atom stereocenters. The van der Waals surface area contributed by atoms with Gasteiger partial charge >= 0.3 is 6.61 Å². The van der Waals surface area contributed by atoms with Crippen LogP contribution >= 0.6 is 0 Å². The topological polar surface area (TPSA) is 91.2 Å². The number of carbonyl (C=O) groups is 2. The van der Waals surface area contributed by atoms with Crippen molar-refractivity contribution in [2.75, 3.05) is 10.3 Å². The summed E-state index contributed by atoms with van der Waals surface area (Å²) in [5.41, 5.74) is 0.618. The van der Waals surface area contributed by atoms with Crippen molar-refractivity contribution in [3.8, 4) is 5.75 Å². The van der Waals surface area contributed by atoms with Gasteiger partial charge in [-0.15, -0.1) is 0 Å². The number of alkyl halides is 2. The molecule has 0 saturated carbocycles. The Hall–Kier alpha value is -3.33. The Morgan fingerprint density at radius 3 is 2.47 bits per heavy atom. The van der Waals surface area contributed by atoms with Crippen molar-refractivity contribution in [2.45, 2.75) is 39.9 Å². The van der Waals surface area contributed by atoms with E-state index in [-0.39, 0.29) is 11.7 Å². The molecule has 0 saturated heterocycles. The number of aliphatic hydroxyl groups is 1. The summed E-state index contributed by atoms with van der Waals surface area (Å²) in [6.07, 6.45) is 0. The van der Waals surface area contributed by atoms with Crippen molar-refractivity contribution >= 4 is 28.9 Å². The van der Waals surface area contributed by atoms with Crippen LogP contribution in [0, 0.1) is 11.8 Å². The third-order valence-electron chi connectivity index (χ3n) is 5.54. The van der Waals surface area contributed by atoms with Crippen molar-refractivity contribution in [2.24, 2.45) is 16.9 Å². The highest BCUT2D eigenvalue weighted by molar-refractivity contribution is 6.28. The molecule has 2 unspecified atom stereocenters. The van der Waals surface area contributed by atoms with Gasteiger partial charge in [-0.3, -0.25) is 9.59 Å². The third-order valence-corrected chi connectivity index (χ3v) is 5.54. The number of anilines is 2. The molecule has 1 heterocycles. The second kappa shape index (κ2) is 9.04. The summed E-state index contributed by atoms with van der Waals surface area (Å²) >= 11 is 0. The average molecular weight is 445 g/mol. The number of ether oxygens (including phenoxy) is 1. The normalized spacial score (nSPS) is 18.0. The van der Waals surface area contributed by atoms with Crippen LogP contribution in [0.3, 0.4) is 0 Å². The van der Waals surface area contributed by atoms with Crippen molar-refractivity contribution in [1.29, 1.82) is 0 Å². The number of amides is 2. The van der Waals surface area contributed by atoms with E-state index in [4.69, 9.17) is 0 Å². The largest absolute Gasteiger partial charge is 0.435 e. The number of hydrogen-bond donors (Lipinski definition) is 2. The van der Waals surface area contributed by atoms with Gasteiger partial charge in [-0.1, -0.05) is 26.0 Å². The van der Waals surface area contributed by atoms with Crippen LogP contribution in [0.15, 0.2) is 53.6 Å². The van der Waals surface area contributed by atoms with Gasteiger partial charge in [-0.2, -0.15) is 18.9 Å². The molecule has 2 aromatic carbocycles. The molecule has 2 N–H and O–H groups in total. The summed E-state index contributed by atoms with van der Waals surface area (Å²) in [4.78, 5) is 25.8. The molecule has 7 nitrogen and oxygen atoms in total. The van der Waals surface area contributed by atoms with E-state index in [1.807, 2.05) is 13.8 Å². The van der Waals surface area contributed by atoms with Gasteiger partial charge in [-0.25, -0.2) is 0 Å². The quantitative estimate of drug-likeness (QED) is 0.627. The molecule has 170 valence electrons. The van der Waals surface area contributed by atoms with Gasteiger partial charge in [0.05, 0.1) is 17.0 Å². The smallest absolute Gasteiger partial charge is 0.387 e. The fourth-order valence-electron chi connectivity index (χ4n) is 3.28. The lowest BCUT2D eigenvalue weighted by molar-refractivity contribution is -0.127. The molecule has 0 aliphatic carbocycles. The molecule has 0 fully saturated rings. The molecular weight excluding hydrogens is 420 g/mol. The highest BCUT2D eigenvalue weighted by atomic mass is 19.3. The van der Waals surface area contributed by atoms with E-state index < -0.39 is 29.9 Å². The fourth-order valence-corrected chi connectivity index (χ4v) is 3.28. The Bertz CT molecular complexity index is 1040. The highest BCUT2D eigenvalue weighted by Crippen LogP contribution is 2.31. The molecule has 3 rings (SSSR count). The minimum Gasteiger partial charge on any atom is -0.435 e. The molecule has 9 heteroatoms. The Morgan fingerprint density at radius 1 is 1.22 bits per heavy atom. The van der Waals surface area contributed by atoms with Crippen LogP contribution in [-0.2, 0) is 15.2 Å². The van der Waals surface area contributed by atoms with Gasteiger partial charge in [0.25, 0.3) is 5.91 Å². The molecule has 0 aromatic heterocycles. The van der Waals surface area contributed by atoms with E-state index in [1.54, 1.807) is 38.1 Å². The standard InChI is InChI=1S/C23H25F2N3O4/c1-13(2)23(4,31)15-6-5-7-16(12-15)26-20(29)19-14(3)27-28(21(19)30)17-8-10-18(11-9-17)32-22(24)25/h5-13,19,22,31H,1-4H3,(H,26,29). The summed E-state index contributed by atoms with van der Waals surface area (Å²) in [5, 5.41) is 18.6. The summed E-state index contributed by atoms with van der Waals surface area (Å²) in [6.45, 7) is 4.10. The molecule has 0 radical (unpaired) electrons. The van der Waals surface area contributed by atoms with Gasteiger partial charge in [0.15, 0.2) is 5.92 Å². The van der Waals surface area contributed by atoms with E-state index in [0.717, 1.165) is 5.01 Å². The molecule has 1 aliphatic rings. The van der Waals surface area contributed by atoms with Gasteiger partial charge in [0, 0.05) is 5.69 Å². The first-order valence-corrected chi connectivity index (χ1v) is 10.1. The summed E-state index contributed by atoms with van der Waals surface area (Å²) in [7, 11) is 0. The average Bonchev–Trinajstić information content (AvgIpc) is 3.02. The maximum Gasteiger partial charge on any atom is 0.387 e. The Kier molecular flexibility index (Phi) is 6.59. The SMILES string of the molecule is CC1=NN(c2ccc(OC(F)F)cc2)C(=O)C1C(=O)Nc1cccc(C(C)(O)C(C)C)c1. The maximum absolute atomic E-state index is 12.9. The number of hydrazone groups is 1. The van der Waals surface area contributed by atoms with Crippen LogP contribution in [0.5, 0.6) is 5.75 Å². The first-order chi connectivity index (χ1) is 15.0. The maximum atomic E-state index is 12.9. The number of nitrogens with zero attached hydrogens (tertiary/aromatic N) is 2. The van der Waals surface area contributed by atoms with Crippen LogP contribution < -0.4 is 15.1 Å². The van der Waals surface area contributed by atoms with E-state index in [1.165, 1.54) is 24.3 Å². The van der Waals surface area contributed by atoms with Crippen LogP contribution in [0.4, 0.5) is 20.2 Å². The monoisotopic (exact) mass is 445 g/mol. The number of nitrogens with one attached hydrogen (secondary N) is 1. The molecular formula is C23H25F2N3O4. The lowest BCUT2D eigenvalue weighted by Crippen LogP contribution is -2.36. The van der Waals surface area contributed by atoms with Crippen molar-refractivity contribution in [1.82, 2.24) is 0 Å². The third kappa shape index (κ3) is 4.77. The molecule has 2 amide bonds. The second-order valence-corrected chi connectivity index (χ2v) is 8.07. The number of benzene rings is 2. The van der Waals surface area contributed by atoms with Gasteiger partial charge in [-0.05, 0) is 61.7 Å². The van der Waals surface area contributed by atoms with Crippen molar-refractivity contribution in [3.63, 3.8) is 0 Å². The summed E-state index contributed by atoms with van der Waals surface area (Å²) in [5.74, 6) is -2.36. The lowest BCUT2D eigenvalue weighted by atomic mass is 9.85.